The molecule has 0 radical (unpaired) electrons. The summed E-state index contributed by atoms with van der Waals surface area (Å²) in [6.45, 7) is 4.42. The molecule has 0 aromatic carbocycles. The van der Waals surface area contributed by atoms with E-state index in [1.807, 2.05) is 5.43 Å². The van der Waals surface area contributed by atoms with Crippen LogP contribution in [0.3, 0.4) is 0 Å². The van der Waals surface area contributed by atoms with Gasteiger partial charge in [0.2, 0.25) is 0 Å². The number of hydrogen-bond donors (Lipinski definition) is 4. The van der Waals surface area contributed by atoms with Crippen molar-refractivity contribution >= 4 is 5.96 Å². The molecule has 0 heterocycles. The van der Waals surface area contributed by atoms with Crippen molar-refractivity contribution < 1.29 is 0 Å². The van der Waals surface area contributed by atoms with Gasteiger partial charge in [-0.3, -0.25) is 10.8 Å². The second-order valence-corrected chi connectivity index (χ2v) is 1.91. The van der Waals surface area contributed by atoms with Gasteiger partial charge in [0.25, 0.3) is 0 Å². The van der Waals surface area contributed by atoms with E-state index in [1.54, 1.807) is 0 Å². The van der Waals surface area contributed by atoms with E-state index in [4.69, 9.17) is 5.41 Å². The molecule has 0 saturated carbocycles. The second kappa shape index (κ2) is 11.1. The minimum atomic E-state index is -0.218. The van der Waals surface area contributed by atoms with Crippen LogP contribution in [0.5, 0.6) is 0 Å². The number of rotatable bonds is 2. The normalized spacial score (nSPS) is 7.50. The first kappa shape index (κ1) is 12.0. The molecule has 0 fully saturated rings. The predicted octanol–water partition coefficient (Wildman–Crippen LogP) is 0.540. The van der Waals surface area contributed by atoms with Gasteiger partial charge >= 0.3 is 0 Å². The summed E-state index contributed by atoms with van der Waals surface area (Å²) in [5, 5.41) is 6.28. The molecular weight excluding hydrogens is 128 g/mol. The van der Waals surface area contributed by atoms with Crippen molar-refractivity contribution in [1.29, 1.82) is 5.41 Å². The van der Waals surface area contributed by atoms with Gasteiger partial charge < -0.3 is 5.73 Å². The van der Waals surface area contributed by atoms with Gasteiger partial charge in [0.05, 0.1) is 0 Å². The van der Waals surface area contributed by atoms with Crippen molar-refractivity contribution in [2.24, 2.45) is 11.6 Å². The van der Waals surface area contributed by atoms with Crippen molar-refractivity contribution in [1.82, 2.24) is 5.43 Å². The van der Waals surface area contributed by atoms with E-state index < -0.39 is 0 Å². The highest BCUT2D eigenvalue weighted by Crippen LogP contribution is 1.88. The molecule has 0 bridgehead atoms. The number of nitrogens with one attached hydrogen (secondary N) is 2. The van der Waals surface area contributed by atoms with Gasteiger partial charge in [-0.2, -0.15) is 0 Å². The molecule has 0 aliphatic heterocycles. The Morgan fingerprint density at radius 3 is 1.70 bits per heavy atom. The summed E-state index contributed by atoms with van der Waals surface area (Å²) in [5.74, 6) is 4.35. The zero-order valence-electron chi connectivity index (χ0n) is 6.78. The molecule has 0 spiro atoms. The number of hydrazine groups is 1. The van der Waals surface area contributed by atoms with Crippen LogP contribution in [-0.2, 0) is 0 Å². The molecule has 10 heavy (non-hydrogen) atoms. The maximum absolute atomic E-state index is 6.28. The lowest BCUT2D eigenvalue weighted by molar-refractivity contribution is 0.772. The summed E-state index contributed by atoms with van der Waals surface area (Å²) in [4.78, 5) is 0. The molecule has 4 heteroatoms. The van der Waals surface area contributed by atoms with Crippen LogP contribution in [0.4, 0.5) is 0 Å². The minimum absolute atomic E-state index is 0.218. The summed E-state index contributed by atoms with van der Waals surface area (Å²) >= 11 is 0. The van der Waals surface area contributed by atoms with E-state index in [2.05, 4.69) is 25.4 Å². The van der Waals surface area contributed by atoms with Gasteiger partial charge in [0.1, 0.15) is 0 Å². The maximum Gasteiger partial charge on any atom is 0.200 e. The van der Waals surface area contributed by atoms with E-state index in [0.717, 1.165) is 0 Å². The quantitative estimate of drug-likeness (QED) is 0.198. The van der Waals surface area contributed by atoms with E-state index in [-0.39, 0.29) is 5.96 Å². The molecule has 0 atom stereocenters. The van der Waals surface area contributed by atoms with E-state index in [9.17, 15) is 0 Å². The third kappa shape index (κ3) is 26.9. The van der Waals surface area contributed by atoms with Crippen LogP contribution in [0.15, 0.2) is 0 Å². The summed E-state index contributed by atoms with van der Waals surface area (Å²) in [6.07, 6.45) is 4.08. The van der Waals surface area contributed by atoms with Crippen LogP contribution < -0.4 is 17.0 Å². The molecule has 0 saturated heterocycles. The van der Waals surface area contributed by atoms with E-state index >= 15 is 0 Å². The number of nitrogens with two attached hydrogens (primary N) is 2. The van der Waals surface area contributed by atoms with Crippen molar-refractivity contribution in [2.75, 3.05) is 0 Å². The molecule has 0 aliphatic rings. The Hall–Kier alpha value is -0.770. The van der Waals surface area contributed by atoms with Crippen molar-refractivity contribution in [3.8, 4) is 0 Å². The largest absolute Gasteiger partial charge is 0.369 e. The van der Waals surface area contributed by atoms with Gasteiger partial charge in [0.15, 0.2) is 5.96 Å². The molecule has 4 nitrogen and oxygen atoms in total. The molecule has 0 aliphatic carbocycles. The zero-order valence-corrected chi connectivity index (χ0v) is 6.78. The average molecular weight is 146 g/mol. The first-order valence-electron chi connectivity index (χ1n) is 3.49. The fraction of sp³-hybridized carbons (Fsp3) is 0.833. The van der Waals surface area contributed by atoms with Crippen molar-refractivity contribution in [3.63, 3.8) is 0 Å². The second-order valence-electron chi connectivity index (χ2n) is 1.91. The van der Waals surface area contributed by atoms with Gasteiger partial charge in [-0.1, -0.05) is 33.1 Å². The Labute approximate surface area is 62.5 Å². The predicted molar refractivity (Wildman–Crippen MR) is 44.4 cm³/mol. The lowest BCUT2D eigenvalue weighted by Gasteiger charge is -1.85. The van der Waals surface area contributed by atoms with Crippen LogP contribution in [0.2, 0.25) is 0 Å². The molecule has 6 N–H and O–H groups in total. The fourth-order valence-corrected chi connectivity index (χ4v) is 0.354. The average Bonchev–Trinajstić information content (AvgIpc) is 1.91. The smallest absolute Gasteiger partial charge is 0.200 e. The standard InChI is InChI=1S/C5H12.CH6N4/c1-3-5-4-2;2-1(3)5-4/h3-5H2,1-2H3;4H2,(H4,2,3,5). The third-order valence-electron chi connectivity index (χ3n) is 0.863. The lowest BCUT2D eigenvalue weighted by Crippen LogP contribution is -2.35. The summed E-state index contributed by atoms with van der Waals surface area (Å²) < 4.78 is 0. The van der Waals surface area contributed by atoms with Gasteiger partial charge in [0, 0.05) is 0 Å². The van der Waals surface area contributed by atoms with Gasteiger partial charge in [-0.05, 0) is 0 Å². The summed E-state index contributed by atoms with van der Waals surface area (Å²) in [5.41, 5.74) is 6.53. The monoisotopic (exact) mass is 146 g/mol. The number of guanidine groups is 1. The van der Waals surface area contributed by atoms with Crippen LogP contribution in [-0.4, -0.2) is 5.96 Å². The number of hydrogen-bond acceptors (Lipinski definition) is 2. The highest BCUT2D eigenvalue weighted by molar-refractivity contribution is 5.73. The fourth-order valence-electron chi connectivity index (χ4n) is 0.354. The molecule has 62 valence electrons. The van der Waals surface area contributed by atoms with E-state index in [0.29, 0.717) is 0 Å². The van der Waals surface area contributed by atoms with Crippen LogP contribution in [0.1, 0.15) is 33.1 Å². The molecule has 0 rings (SSSR count). The SMILES string of the molecule is CCCCC.N=C(N)NN. The summed E-state index contributed by atoms with van der Waals surface area (Å²) in [7, 11) is 0. The van der Waals surface area contributed by atoms with Crippen LogP contribution in [0, 0.1) is 5.41 Å². The molecule has 0 aromatic rings. The molecule has 0 aromatic heterocycles. The third-order valence-corrected chi connectivity index (χ3v) is 0.863. The van der Waals surface area contributed by atoms with Crippen molar-refractivity contribution in [3.05, 3.63) is 0 Å². The Morgan fingerprint density at radius 2 is 1.70 bits per heavy atom. The Morgan fingerprint density at radius 1 is 1.40 bits per heavy atom. The summed E-state index contributed by atoms with van der Waals surface area (Å²) in [6, 6.07) is 0. The first-order valence-corrected chi connectivity index (χ1v) is 3.49. The Kier molecular flexibility index (Phi) is 13.3. The highest BCUT2D eigenvalue weighted by Gasteiger charge is 1.68. The first-order chi connectivity index (χ1) is 4.68. The Bertz CT molecular complexity index is 70.1. The van der Waals surface area contributed by atoms with E-state index in [1.165, 1.54) is 19.3 Å². The van der Waals surface area contributed by atoms with Crippen molar-refractivity contribution in [2.45, 2.75) is 33.1 Å². The highest BCUT2D eigenvalue weighted by atomic mass is 15.3. The topological polar surface area (TPSA) is 87.9 Å². The van der Waals surface area contributed by atoms with Crippen LogP contribution >= 0.6 is 0 Å². The molecule has 0 amide bonds. The minimum Gasteiger partial charge on any atom is -0.369 e. The van der Waals surface area contributed by atoms with Gasteiger partial charge in [-0.25, -0.2) is 5.84 Å². The number of unbranched alkanes of at least 4 members (excludes halogenated alkanes) is 2. The Balaban J connectivity index is 0. The zero-order chi connectivity index (χ0) is 8.41. The lowest BCUT2D eigenvalue weighted by atomic mass is 10.3. The van der Waals surface area contributed by atoms with Gasteiger partial charge in [-0.15, -0.1) is 0 Å². The molecular formula is C6H18N4. The maximum atomic E-state index is 6.28. The van der Waals surface area contributed by atoms with Crippen LogP contribution in [0.25, 0.3) is 0 Å². The molecule has 0 unspecified atom stereocenters.